The zero-order chi connectivity index (χ0) is 22.3. The monoisotopic (exact) mass is 410 g/mol. The first-order valence-corrected chi connectivity index (χ1v) is 8.14. The summed E-state index contributed by atoms with van der Waals surface area (Å²) in [5.74, 6) is -10.6. The van der Waals surface area contributed by atoms with Gasteiger partial charge in [-0.15, -0.1) is 0 Å². The molecular weight excluding hydrogens is 392 g/mol. The lowest BCUT2D eigenvalue weighted by molar-refractivity contribution is -0.155. The Morgan fingerprint density at radius 1 is 0.862 bits per heavy atom. The second kappa shape index (κ2) is 9.97. The van der Waals surface area contributed by atoms with E-state index in [1.54, 1.807) is 0 Å². The van der Waals surface area contributed by atoms with Gasteiger partial charge in [0.05, 0.1) is 6.61 Å². The predicted molar refractivity (Wildman–Crippen MR) is 92.5 cm³/mol. The van der Waals surface area contributed by atoms with Gasteiger partial charge in [-0.2, -0.15) is 0 Å². The standard InChI is InChI=1S/C18H18O11/c1-5-26-18(25)14(17(23)24)15(22)11-6-12(27-8(2)19)16(29-10(4)21)13(7-11)28-9(3)20/h6-7,14H,5H2,1-4H3,(H,23,24). The highest BCUT2D eigenvalue weighted by atomic mass is 16.6. The predicted octanol–water partition coefficient (Wildman–Crippen LogP) is 0.909. The van der Waals surface area contributed by atoms with E-state index in [9.17, 15) is 33.9 Å². The van der Waals surface area contributed by atoms with E-state index < -0.39 is 64.4 Å². The van der Waals surface area contributed by atoms with Crippen LogP contribution >= 0.6 is 0 Å². The number of ketones is 1. The molecule has 0 saturated heterocycles. The van der Waals surface area contributed by atoms with Crippen LogP contribution in [0.2, 0.25) is 0 Å². The number of carboxylic acid groups (broad SMARTS) is 1. The molecule has 11 heteroatoms. The van der Waals surface area contributed by atoms with Crippen LogP contribution in [0.1, 0.15) is 38.1 Å². The minimum Gasteiger partial charge on any atom is -0.480 e. The third-order valence-electron chi connectivity index (χ3n) is 3.09. The van der Waals surface area contributed by atoms with E-state index >= 15 is 0 Å². The van der Waals surface area contributed by atoms with E-state index in [0.717, 1.165) is 32.9 Å². The summed E-state index contributed by atoms with van der Waals surface area (Å²) in [5, 5.41) is 9.24. The minimum absolute atomic E-state index is 0.168. The van der Waals surface area contributed by atoms with Crippen molar-refractivity contribution in [3.8, 4) is 17.2 Å². The maximum absolute atomic E-state index is 12.6. The highest BCUT2D eigenvalue weighted by Crippen LogP contribution is 2.40. The van der Waals surface area contributed by atoms with Gasteiger partial charge in [0, 0.05) is 26.3 Å². The molecule has 1 aromatic rings. The SMILES string of the molecule is CCOC(=O)C(C(=O)O)C(=O)c1cc(OC(C)=O)c(OC(C)=O)c(OC(C)=O)c1. The van der Waals surface area contributed by atoms with Crippen LogP contribution in [-0.2, 0) is 28.7 Å². The van der Waals surface area contributed by atoms with Gasteiger partial charge in [-0.3, -0.25) is 28.8 Å². The van der Waals surface area contributed by atoms with Crippen molar-refractivity contribution in [2.45, 2.75) is 27.7 Å². The molecule has 0 fully saturated rings. The fourth-order valence-corrected chi connectivity index (χ4v) is 2.14. The van der Waals surface area contributed by atoms with Crippen molar-refractivity contribution in [1.82, 2.24) is 0 Å². The first-order valence-electron chi connectivity index (χ1n) is 8.14. The zero-order valence-corrected chi connectivity index (χ0v) is 16.0. The van der Waals surface area contributed by atoms with Crippen molar-refractivity contribution in [3.63, 3.8) is 0 Å². The molecule has 1 N–H and O–H groups in total. The molecule has 0 saturated carbocycles. The van der Waals surface area contributed by atoms with E-state index in [4.69, 9.17) is 14.2 Å². The highest BCUT2D eigenvalue weighted by molar-refractivity contribution is 6.20. The normalized spacial score (nSPS) is 11.0. The van der Waals surface area contributed by atoms with Crippen LogP contribution in [-0.4, -0.2) is 47.3 Å². The number of benzene rings is 1. The number of Topliss-reactive ketones (excluding diaryl/α,β-unsaturated/α-hetero) is 1. The molecule has 0 aliphatic rings. The molecule has 11 nitrogen and oxygen atoms in total. The Balaban J connectivity index is 3.63. The van der Waals surface area contributed by atoms with E-state index in [1.807, 2.05) is 0 Å². The molecule has 0 radical (unpaired) electrons. The lowest BCUT2D eigenvalue weighted by Gasteiger charge is -2.16. The molecule has 1 aromatic carbocycles. The number of esters is 4. The van der Waals surface area contributed by atoms with Gasteiger partial charge in [0.2, 0.25) is 11.7 Å². The van der Waals surface area contributed by atoms with Crippen molar-refractivity contribution >= 4 is 35.6 Å². The van der Waals surface area contributed by atoms with Crippen LogP contribution in [0.25, 0.3) is 0 Å². The van der Waals surface area contributed by atoms with E-state index in [0.29, 0.717) is 0 Å². The van der Waals surface area contributed by atoms with E-state index in [2.05, 4.69) is 4.74 Å². The molecule has 0 heterocycles. The molecule has 1 atom stereocenters. The molecule has 156 valence electrons. The number of carbonyl (C=O) groups excluding carboxylic acids is 5. The number of rotatable bonds is 8. The largest absolute Gasteiger partial charge is 0.480 e. The van der Waals surface area contributed by atoms with Gasteiger partial charge in [-0.25, -0.2) is 0 Å². The molecular formula is C18H18O11. The topological polar surface area (TPSA) is 160 Å². The van der Waals surface area contributed by atoms with Crippen LogP contribution in [0, 0.1) is 5.92 Å². The molecule has 1 unspecified atom stereocenters. The molecule has 0 aromatic heterocycles. The highest BCUT2D eigenvalue weighted by Gasteiger charge is 2.37. The molecule has 0 amide bonds. The van der Waals surface area contributed by atoms with Crippen molar-refractivity contribution in [1.29, 1.82) is 0 Å². The van der Waals surface area contributed by atoms with Crippen LogP contribution in [0.3, 0.4) is 0 Å². The summed E-state index contributed by atoms with van der Waals surface area (Å²) in [5.41, 5.74) is -0.464. The first-order chi connectivity index (χ1) is 13.5. The summed E-state index contributed by atoms with van der Waals surface area (Å²) < 4.78 is 19.3. The Bertz CT molecular complexity index is 832. The molecule has 0 aliphatic heterocycles. The van der Waals surface area contributed by atoms with Gasteiger partial charge in [0.25, 0.3) is 0 Å². The summed E-state index contributed by atoms with van der Waals surface area (Å²) in [4.78, 5) is 70.0. The summed E-state index contributed by atoms with van der Waals surface area (Å²) in [6, 6.07) is 1.76. The number of carboxylic acids is 1. The second-order valence-electron chi connectivity index (χ2n) is 5.47. The van der Waals surface area contributed by atoms with E-state index in [-0.39, 0.29) is 6.61 Å². The van der Waals surface area contributed by atoms with Gasteiger partial charge in [0.1, 0.15) is 0 Å². The van der Waals surface area contributed by atoms with Gasteiger partial charge in [-0.1, -0.05) is 0 Å². The van der Waals surface area contributed by atoms with Crippen LogP contribution in [0.4, 0.5) is 0 Å². The van der Waals surface area contributed by atoms with Crippen molar-refractivity contribution in [2.75, 3.05) is 6.61 Å². The number of hydrogen-bond donors (Lipinski definition) is 1. The fraction of sp³-hybridized carbons (Fsp3) is 0.333. The van der Waals surface area contributed by atoms with Gasteiger partial charge >= 0.3 is 29.8 Å². The van der Waals surface area contributed by atoms with Crippen LogP contribution in [0.5, 0.6) is 17.2 Å². The molecule has 0 spiro atoms. The Labute approximate surface area is 164 Å². The average molecular weight is 410 g/mol. The lowest BCUT2D eigenvalue weighted by Crippen LogP contribution is -2.33. The van der Waals surface area contributed by atoms with Gasteiger partial charge in [-0.05, 0) is 19.1 Å². The Morgan fingerprint density at radius 2 is 1.31 bits per heavy atom. The minimum atomic E-state index is -2.22. The van der Waals surface area contributed by atoms with Crippen molar-refractivity contribution in [2.24, 2.45) is 5.92 Å². The number of aliphatic carboxylic acids is 1. The fourth-order valence-electron chi connectivity index (χ4n) is 2.14. The van der Waals surface area contributed by atoms with Crippen molar-refractivity contribution < 1.29 is 52.8 Å². The van der Waals surface area contributed by atoms with Gasteiger partial charge < -0.3 is 24.1 Å². The maximum Gasteiger partial charge on any atom is 0.328 e. The van der Waals surface area contributed by atoms with Crippen LogP contribution < -0.4 is 14.2 Å². The van der Waals surface area contributed by atoms with Crippen molar-refractivity contribution in [3.05, 3.63) is 17.7 Å². The number of hydrogen-bond acceptors (Lipinski definition) is 10. The van der Waals surface area contributed by atoms with E-state index in [1.165, 1.54) is 6.92 Å². The quantitative estimate of drug-likeness (QED) is 0.281. The Morgan fingerprint density at radius 3 is 1.66 bits per heavy atom. The average Bonchev–Trinajstić information content (AvgIpc) is 2.56. The first kappa shape index (κ1) is 23.3. The third-order valence-corrected chi connectivity index (χ3v) is 3.09. The molecule has 0 bridgehead atoms. The Kier molecular flexibility index (Phi) is 8.00. The second-order valence-corrected chi connectivity index (χ2v) is 5.47. The summed E-state index contributed by atoms with van der Waals surface area (Å²) in [7, 11) is 0. The third kappa shape index (κ3) is 6.41. The smallest absolute Gasteiger partial charge is 0.328 e. The Hall–Kier alpha value is -3.76. The number of carbonyl (C=O) groups is 6. The van der Waals surface area contributed by atoms with Crippen LogP contribution in [0.15, 0.2) is 12.1 Å². The lowest BCUT2D eigenvalue weighted by atomic mass is 9.97. The number of ether oxygens (including phenoxy) is 4. The molecule has 29 heavy (non-hydrogen) atoms. The zero-order valence-electron chi connectivity index (χ0n) is 16.0. The molecule has 0 aliphatic carbocycles. The maximum atomic E-state index is 12.6. The summed E-state index contributed by atoms with van der Waals surface area (Å²) in [6.45, 7) is 4.30. The summed E-state index contributed by atoms with van der Waals surface area (Å²) in [6.07, 6.45) is 0. The van der Waals surface area contributed by atoms with Gasteiger partial charge in [0.15, 0.2) is 17.3 Å². The summed E-state index contributed by atoms with van der Waals surface area (Å²) >= 11 is 0. The molecule has 1 rings (SSSR count).